The van der Waals surface area contributed by atoms with E-state index in [0.717, 1.165) is 19.3 Å². The molecule has 1 saturated carbocycles. The normalized spacial score (nSPS) is 49.4. The van der Waals surface area contributed by atoms with Crippen LogP contribution in [0, 0.1) is 35.0 Å². The molecule has 0 unspecified atom stereocenters. The van der Waals surface area contributed by atoms with E-state index in [4.69, 9.17) is 14.2 Å². The van der Waals surface area contributed by atoms with Gasteiger partial charge in [0.05, 0.1) is 23.2 Å². The Morgan fingerprint density at radius 2 is 2.11 bits per heavy atom. The topological polar surface area (TPSA) is 61.8 Å². The molecule has 2 bridgehead atoms. The second-order valence-corrected chi connectivity index (χ2v) is 9.67. The van der Waals surface area contributed by atoms with Gasteiger partial charge in [0.2, 0.25) is 6.29 Å². The summed E-state index contributed by atoms with van der Waals surface area (Å²) in [6, 6.07) is 0. The van der Waals surface area contributed by atoms with E-state index in [2.05, 4.69) is 19.1 Å². The molecule has 0 spiro atoms. The highest BCUT2D eigenvalue weighted by Crippen LogP contribution is 2.61. The maximum absolute atomic E-state index is 12.6. The molecule has 28 heavy (non-hydrogen) atoms. The third-order valence-electron chi connectivity index (χ3n) is 8.39. The average Bonchev–Trinajstić information content (AvgIpc) is 3.42. The number of fused-ring (bicyclic) bond motifs is 7. The summed E-state index contributed by atoms with van der Waals surface area (Å²) in [6.07, 6.45) is 10.6. The third-order valence-corrected chi connectivity index (χ3v) is 8.39. The number of cyclic esters (lactones) is 1. The van der Waals surface area contributed by atoms with Crippen LogP contribution in [0.5, 0.6) is 0 Å². The van der Waals surface area contributed by atoms with E-state index in [1.807, 2.05) is 6.92 Å². The molecule has 2 saturated heterocycles. The van der Waals surface area contributed by atoms with Gasteiger partial charge in [0.1, 0.15) is 6.10 Å². The van der Waals surface area contributed by atoms with E-state index < -0.39 is 11.7 Å². The van der Waals surface area contributed by atoms with Crippen LogP contribution in [0.1, 0.15) is 46.0 Å². The Hall–Kier alpha value is -2.04. The molecular formula is C23H26O5. The van der Waals surface area contributed by atoms with Gasteiger partial charge >= 0.3 is 11.9 Å². The molecule has 148 valence electrons. The summed E-state index contributed by atoms with van der Waals surface area (Å²) in [5.74, 6) is 0.676. The lowest BCUT2D eigenvalue weighted by Gasteiger charge is -2.28. The molecule has 0 aromatic heterocycles. The SMILES string of the molecule is C[C@@H]1CCCC2=C1[C@H]1OC(=O)/C(=C/O[C@H]3OC(=O)[C@@]4(C)[C@@H]3[C@H]3C=C[C@@H]4C3)[C@H]1C2. The molecule has 0 aromatic rings. The molecule has 0 aromatic carbocycles. The van der Waals surface area contributed by atoms with E-state index >= 15 is 0 Å². The molecule has 0 N–H and O–H groups in total. The van der Waals surface area contributed by atoms with Crippen LogP contribution in [0.15, 0.2) is 35.1 Å². The smallest absolute Gasteiger partial charge is 0.338 e. The van der Waals surface area contributed by atoms with E-state index in [-0.39, 0.29) is 35.8 Å². The molecule has 6 aliphatic rings. The zero-order valence-corrected chi connectivity index (χ0v) is 16.4. The molecule has 3 fully saturated rings. The third kappa shape index (κ3) is 1.98. The first-order valence-electron chi connectivity index (χ1n) is 10.7. The number of esters is 2. The maximum Gasteiger partial charge on any atom is 0.338 e. The van der Waals surface area contributed by atoms with Crippen LogP contribution in [-0.4, -0.2) is 24.3 Å². The molecule has 0 amide bonds. The first-order chi connectivity index (χ1) is 13.5. The van der Waals surface area contributed by atoms with Crippen molar-refractivity contribution < 1.29 is 23.8 Å². The van der Waals surface area contributed by atoms with Gasteiger partial charge in [0.15, 0.2) is 0 Å². The minimum Gasteiger partial charge on any atom is -0.461 e. The first kappa shape index (κ1) is 16.9. The van der Waals surface area contributed by atoms with Gasteiger partial charge in [0, 0.05) is 5.92 Å². The quantitative estimate of drug-likeness (QED) is 0.316. The second-order valence-electron chi connectivity index (χ2n) is 9.67. The van der Waals surface area contributed by atoms with Crippen molar-refractivity contribution in [3.05, 3.63) is 35.1 Å². The van der Waals surface area contributed by atoms with Gasteiger partial charge in [-0.1, -0.05) is 24.6 Å². The minimum atomic E-state index is -0.611. The van der Waals surface area contributed by atoms with Crippen molar-refractivity contribution in [2.24, 2.45) is 35.0 Å². The highest BCUT2D eigenvalue weighted by Gasteiger charge is 2.67. The Morgan fingerprint density at radius 3 is 2.96 bits per heavy atom. The molecule has 2 heterocycles. The summed E-state index contributed by atoms with van der Waals surface area (Å²) in [5, 5.41) is 0. The average molecular weight is 382 g/mol. The van der Waals surface area contributed by atoms with E-state index in [9.17, 15) is 9.59 Å². The molecule has 2 aliphatic heterocycles. The zero-order chi connectivity index (χ0) is 19.2. The molecule has 8 atom stereocenters. The van der Waals surface area contributed by atoms with Crippen molar-refractivity contribution in [1.82, 2.24) is 0 Å². The lowest BCUT2D eigenvalue weighted by Crippen LogP contribution is -2.35. The summed E-state index contributed by atoms with van der Waals surface area (Å²) >= 11 is 0. The Bertz CT molecular complexity index is 866. The van der Waals surface area contributed by atoms with Crippen LogP contribution >= 0.6 is 0 Å². The summed E-state index contributed by atoms with van der Waals surface area (Å²) in [4.78, 5) is 25.1. The van der Waals surface area contributed by atoms with Gasteiger partial charge in [-0.2, -0.15) is 0 Å². The zero-order valence-electron chi connectivity index (χ0n) is 16.4. The number of hydrogen-bond acceptors (Lipinski definition) is 5. The maximum atomic E-state index is 12.6. The van der Waals surface area contributed by atoms with Gasteiger partial charge in [-0.15, -0.1) is 0 Å². The number of rotatable bonds is 2. The van der Waals surface area contributed by atoms with Crippen molar-refractivity contribution in [3.63, 3.8) is 0 Å². The summed E-state index contributed by atoms with van der Waals surface area (Å²) < 4.78 is 17.4. The Kier molecular flexibility index (Phi) is 3.33. The Balaban J connectivity index is 1.25. The van der Waals surface area contributed by atoms with Crippen molar-refractivity contribution >= 4 is 11.9 Å². The predicted octanol–water partition coefficient (Wildman–Crippen LogP) is 3.66. The van der Waals surface area contributed by atoms with Gasteiger partial charge in [-0.25, -0.2) is 4.79 Å². The van der Waals surface area contributed by atoms with Crippen molar-refractivity contribution in [2.45, 2.75) is 58.3 Å². The highest BCUT2D eigenvalue weighted by molar-refractivity contribution is 5.92. The van der Waals surface area contributed by atoms with Gasteiger partial charge in [-0.3, -0.25) is 4.79 Å². The van der Waals surface area contributed by atoms with Crippen LogP contribution in [0.2, 0.25) is 0 Å². The largest absolute Gasteiger partial charge is 0.461 e. The molecule has 6 rings (SSSR count). The van der Waals surface area contributed by atoms with E-state index in [1.165, 1.54) is 24.0 Å². The van der Waals surface area contributed by atoms with Crippen LogP contribution in [0.4, 0.5) is 0 Å². The molecule has 4 aliphatic carbocycles. The van der Waals surface area contributed by atoms with Crippen molar-refractivity contribution in [1.29, 1.82) is 0 Å². The van der Waals surface area contributed by atoms with Crippen LogP contribution in [-0.2, 0) is 23.8 Å². The van der Waals surface area contributed by atoms with Crippen LogP contribution < -0.4 is 0 Å². The summed E-state index contributed by atoms with van der Waals surface area (Å²) in [6.45, 7) is 4.24. The highest BCUT2D eigenvalue weighted by atomic mass is 16.7. The van der Waals surface area contributed by atoms with E-state index in [0.29, 0.717) is 17.4 Å². The lowest BCUT2D eigenvalue weighted by molar-refractivity contribution is -0.161. The fraction of sp³-hybridized carbons (Fsp3) is 0.652. The fourth-order valence-corrected chi connectivity index (χ4v) is 6.91. The van der Waals surface area contributed by atoms with Gasteiger partial charge in [0.25, 0.3) is 0 Å². The summed E-state index contributed by atoms with van der Waals surface area (Å²) in [7, 11) is 0. The molecule has 5 nitrogen and oxygen atoms in total. The fourth-order valence-electron chi connectivity index (χ4n) is 6.91. The van der Waals surface area contributed by atoms with Gasteiger partial charge < -0.3 is 14.2 Å². The lowest BCUT2D eigenvalue weighted by atomic mass is 9.71. The molecular weight excluding hydrogens is 356 g/mol. The summed E-state index contributed by atoms with van der Waals surface area (Å²) in [5.41, 5.74) is 2.94. The van der Waals surface area contributed by atoms with Gasteiger partial charge in [-0.05, 0) is 62.4 Å². The Morgan fingerprint density at radius 1 is 1.25 bits per heavy atom. The number of carbonyl (C=O) groups excluding carboxylic acids is 2. The van der Waals surface area contributed by atoms with Crippen LogP contribution in [0.3, 0.4) is 0 Å². The van der Waals surface area contributed by atoms with Crippen LogP contribution in [0.25, 0.3) is 0 Å². The Labute approximate surface area is 164 Å². The van der Waals surface area contributed by atoms with E-state index in [1.54, 1.807) is 6.26 Å². The molecule has 0 radical (unpaired) electrons. The first-order valence-corrected chi connectivity index (χ1v) is 10.7. The monoisotopic (exact) mass is 382 g/mol. The number of allylic oxidation sites excluding steroid dienone is 3. The second kappa shape index (κ2) is 5.52. The predicted molar refractivity (Wildman–Crippen MR) is 99.4 cm³/mol. The van der Waals surface area contributed by atoms with Crippen molar-refractivity contribution in [2.75, 3.05) is 0 Å². The molecule has 5 heteroatoms. The number of carbonyl (C=O) groups is 2. The standard InChI is InChI=1S/C23H26O5/c1-11-4-3-5-12-9-15-16(20(24)27-19(15)17(11)12)10-26-21-18-13-6-7-14(8-13)23(18,2)22(25)28-21/h6-7,10-11,13-15,18-19,21H,3-5,8-9H2,1-2H3/b16-10+/t11-,13+,14-,15-,18-,19+,21+,23-/m1/s1. The minimum absolute atomic E-state index is 0.0231. The number of ether oxygens (including phenoxy) is 3. The van der Waals surface area contributed by atoms with Crippen molar-refractivity contribution in [3.8, 4) is 0 Å². The number of hydrogen-bond donors (Lipinski definition) is 0.